The summed E-state index contributed by atoms with van der Waals surface area (Å²) in [7, 11) is 2.00. The van der Waals surface area contributed by atoms with Gasteiger partial charge >= 0.3 is 0 Å². The molecule has 0 aliphatic carbocycles. The summed E-state index contributed by atoms with van der Waals surface area (Å²) in [6.07, 6.45) is 3.50. The first-order valence-electron chi connectivity index (χ1n) is 7.72. The van der Waals surface area contributed by atoms with Crippen LogP contribution in [0.1, 0.15) is 35.7 Å². The molecule has 1 saturated heterocycles. The highest BCUT2D eigenvalue weighted by Gasteiger charge is 2.21. The number of rotatable bonds is 6. The number of piperidine rings is 1. The molecule has 1 unspecified atom stereocenters. The van der Waals surface area contributed by atoms with E-state index >= 15 is 0 Å². The Labute approximate surface area is 122 Å². The van der Waals surface area contributed by atoms with E-state index in [0.717, 1.165) is 31.6 Å². The zero-order valence-electron chi connectivity index (χ0n) is 12.7. The van der Waals surface area contributed by atoms with Crippen LogP contribution in [-0.2, 0) is 6.42 Å². The number of carbonyl (C=O) groups excluding carboxylic acids is 1. The predicted molar refractivity (Wildman–Crippen MR) is 83.2 cm³/mol. The minimum absolute atomic E-state index is 0.248. The van der Waals surface area contributed by atoms with Gasteiger partial charge in [0.15, 0.2) is 5.78 Å². The molecule has 1 heterocycles. The van der Waals surface area contributed by atoms with E-state index in [-0.39, 0.29) is 5.78 Å². The Morgan fingerprint density at radius 1 is 1.35 bits per heavy atom. The van der Waals surface area contributed by atoms with Crippen molar-refractivity contribution in [2.45, 2.75) is 26.2 Å². The fourth-order valence-corrected chi connectivity index (χ4v) is 2.97. The fraction of sp³-hybridized carbons (Fsp3) is 0.588. The van der Waals surface area contributed by atoms with Crippen LogP contribution in [-0.4, -0.2) is 43.9 Å². The molecule has 0 aromatic heterocycles. The Kier molecular flexibility index (Phi) is 5.74. The van der Waals surface area contributed by atoms with Gasteiger partial charge < -0.3 is 5.32 Å². The summed E-state index contributed by atoms with van der Waals surface area (Å²) in [4.78, 5) is 14.6. The van der Waals surface area contributed by atoms with E-state index in [4.69, 9.17) is 0 Å². The summed E-state index contributed by atoms with van der Waals surface area (Å²) < 4.78 is 0. The van der Waals surface area contributed by atoms with E-state index in [1.165, 1.54) is 18.4 Å². The number of nitrogens with one attached hydrogen (secondary N) is 1. The lowest BCUT2D eigenvalue weighted by atomic mass is 9.97. The van der Waals surface area contributed by atoms with Crippen LogP contribution in [0.4, 0.5) is 0 Å². The fourth-order valence-electron chi connectivity index (χ4n) is 2.97. The standard InChI is InChI=1S/C17H26N2O/c1-3-14-6-8-16(9-7-14)17(20)13-19-10-4-5-15(12-19)11-18-2/h6-9,15,18H,3-5,10-13H2,1-2H3. The van der Waals surface area contributed by atoms with E-state index < -0.39 is 0 Å². The number of nitrogens with zero attached hydrogens (tertiary/aromatic N) is 1. The molecule has 1 aliphatic heterocycles. The molecule has 0 saturated carbocycles. The Hall–Kier alpha value is -1.19. The Morgan fingerprint density at radius 2 is 2.10 bits per heavy atom. The van der Waals surface area contributed by atoms with Crippen LogP contribution < -0.4 is 5.32 Å². The number of carbonyl (C=O) groups is 1. The Morgan fingerprint density at radius 3 is 2.75 bits per heavy atom. The third-order valence-electron chi connectivity index (χ3n) is 4.15. The molecule has 2 rings (SSSR count). The number of hydrogen-bond donors (Lipinski definition) is 1. The lowest BCUT2D eigenvalue weighted by Crippen LogP contribution is -2.41. The quantitative estimate of drug-likeness (QED) is 0.808. The van der Waals surface area contributed by atoms with Crippen LogP contribution in [0.5, 0.6) is 0 Å². The highest BCUT2D eigenvalue weighted by atomic mass is 16.1. The summed E-state index contributed by atoms with van der Waals surface area (Å²) in [6, 6.07) is 8.06. The first-order chi connectivity index (χ1) is 9.72. The van der Waals surface area contributed by atoms with Crippen LogP contribution >= 0.6 is 0 Å². The number of likely N-dealkylation sites (tertiary alicyclic amines) is 1. The Balaban J connectivity index is 1.89. The minimum Gasteiger partial charge on any atom is -0.319 e. The number of ketones is 1. The van der Waals surface area contributed by atoms with E-state index in [1.807, 2.05) is 19.2 Å². The average molecular weight is 274 g/mol. The van der Waals surface area contributed by atoms with Gasteiger partial charge in [0.1, 0.15) is 0 Å². The van der Waals surface area contributed by atoms with Crippen molar-refractivity contribution >= 4 is 5.78 Å². The molecule has 1 fully saturated rings. The molecule has 1 atom stereocenters. The van der Waals surface area contributed by atoms with Gasteiger partial charge in [-0.25, -0.2) is 0 Å². The molecule has 1 aliphatic rings. The SMILES string of the molecule is CCc1ccc(C(=O)CN2CCCC(CNC)C2)cc1. The van der Waals surface area contributed by atoms with Crippen LogP contribution in [0.2, 0.25) is 0 Å². The number of Topliss-reactive ketones (excluding diaryl/α,β-unsaturated/α-hetero) is 1. The first kappa shape index (κ1) is 15.2. The molecule has 1 aromatic rings. The summed E-state index contributed by atoms with van der Waals surface area (Å²) in [5.41, 5.74) is 2.13. The van der Waals surface area contributed by atoms with Crippen LogP contribution in [0, 0.1) is 5.92 Å². The van der Waals surface area contributed by atoms with Crippen molar-refractivity contribution in [3.63, 3.8) is 0 Å². The molecule has 0 radical (unpaired) electrons. The molecule has 3 heteroatoms. The van der Waals surface area contributed by atoms with E-state index in [2.05, 4.69) is 29.3 Å². The normalized spacial score (nSPS) is 20.0. The van der Waals surface area contributed by atoms with Gasteiger partial charge in [0, 0.05) is 12.1 Å². The third-order valence-corrected chi connectivity index (χ3v) is 4.15. The predicted octanol–water partition coefficient (Wildman–Crippen LogP) is 2.36. The topological polar surface area (TPSA) is 32.3 Å². The zero-order chi connectivity index (χ0) is 14.4. The first-order valence-corrected chi connectivity index (χ1v) is 7.72. The van der Waals surface area contributed by atoms with Crippen molar-refractivity contribution in [1.82, 2.24) is 10.2 Å². The van der Waals surface area contributed by atoms with Gasteiger partial charge in [-0.05, 0) is 50.9 Å². The highest BCUT2D eigenvalue weighted by Crippen LogP contribution is 2.16. The second-order valence-corrected chi connectivity index (χ2v) is 5.77. The van der Waals surface area contributed by atoms with Crippen molar-refractivity contribution in [1.29, 1.82) is 0 Å². The summed E-state index contributed by atoms with van der Waals surface area (Å²) in [6.45, 7) is 5.84. The van der Waals surface area contributed by atoms with Crippen LogP contribution in [0.15, 0.2) is 24.3 Å². The van der Waals surface area contributed by atoms with Gasteiger partial charge in [0.05, 0.1) is 6.54 Å². The average Bonchev–Trinajstić information content (AvgIpc) is 2.48. The second kappa shape index (κ2) is 7.55. The highest BCUT2D eigenvalue weighted by molar-refractivity contribution is 5.97. The minimum atomic E-state index is 0.248. The van der Waals surface area contributed by atoms with Gasteiger partial charge in [-0.2, -0.15) is 0 Å². The van der Waals surface area contributed by atoms with Crippen LogP contribution in [0.25, 0.3) is 0 Å². The van der Waals surface area contributed by atoms with Crippen LogP contribution in [0.3, 0.4) is 0 Å². The maximum Gasteiger partial charge on any atom is 0.176 e. The van der Waals surface area contributed by atoms with Gasteiger partial charge in [-0.15, -0.1) is 0 Å². The summed E-state index contributed by atoms with van der Waals surface area (Å²) in [5.74, 6) is 0.932. The van der Waals surface area contributed by atoms with Gasteiger partial charge in [0.2, 0.25) is 0 Å². The van der Waals surface area contributed by atoms with E-state index in [1.54, 1.807) is 0 Å². The van der Waals surface area contributed by atoms with Crippen molar-refractivity contribution in [2.24, 2.45) is 5.92 Å². The maximum absolute atomic E-state index is 12.3. The number of aryl methyl sites for hydroxylation is 1. The molecule has 1 N–H and O–H groups in total. The van der Waals surface area contributed by atoms with Crippen molar-refractivity contribution in [3.05, 3.63) is 35.4 Å². The van der Waals surface area contributed by atoms with E-state index in [9.17, 15) is 4.79 Å². The monoisotopic (exact) mass is 274 g/mol. The number of benzene rings is 1. The molecule has 20 heavy (non-hydrogen) atoms. The summed E-state index contributed by atoms with van der Waals surface area (Å²) >= 11 is 0. The van der Waals surface area contributed by atoms with Crippen molar-refractivity contribution < 1.29 is 4.79 Å². The molecule has 0 amide bonds. The second-order valence-electron chi connectivity index (χ2n) is 5.77. The maximum atomic E-state index is 12.3. The zero-order valence-corrected chi connectivity index (χ0v) is 12.7. The lowest BCUT2D eigenvalue weighted by Gasteiger charge is -2.32. The smallest absolute Gasteiger partial charge is 0.176 e. The molecule has 0 bridgehead atoms. The largest absolute Gasteiger partial charge is 0.319 e. The van der Waals surface area contributed by atoms with Crippen molar-refractivity contribution in [3.8, 4) is 0 Å². The molecule has 3 nitrogen and oxygen atoms in total. The molecule has 0 spiro atoms. The van der Waals surface area contributed by atoms with Gasteiger partial charge in [-0.1, -0.05) is 31.2 Å². The molecule has 110 valence electrons. The number of hydrogen-bond acceptors (Lipinski definition) is 3. The summed E-state index contributed by atoms with van der Waals surface area (Å²) in [5, 5.41) is 3.24. The van der Waals surface area contributed by atoms with Gasteiger partial charge in [-0.3, -0.25) is 9.69 Å². The molecular formula is C17H26N2O. The van der Waals surface area contributed by atoms with E-state index in [0.29, 0.717) is 12.5 Å². The molecule has 1 aromatic carbocycles. The van der Waals surface area contributed by atoms with Crippen molar-refractivity contribution in [2.75, 3.05) is 33.2 Å². The lowest BCUT2D eigenvalue weighted by molar-refractivity contribution is 0.0886. The van der Waals surface area contributed by atoms with Gasteiger partial charge in [0.25, 0.3) is 0 Å². The molecular weight excluding hydrogens is 248 g/mol. The Bertz CT molecular complexity index is 425. The third kappa shape index (κ3) is 4.15.